The number of alkyl halides is 1. The van der Waals surface area contributed by atoms with Crippen molar-refractivity contribution in [2.24, 2.45) is 5.92 Å². The molecule has 2 unspecified atom stereocenters. The molecule has 0 fully saturated rings. The molecule has 4 heteroatoms. The molecule has 0 aliphatic carbocycles. The Hall–Kier alpha value is -0.643. The van der Waals surface area contributed by atoms with Gasteiger partial charge < -0.3 is 4.43 Å². The number of carbonyl (C=O) groups is 1. The summed E-state index contributed by atoms with van der Waals surface area (Å²) >= 11 is 5.95. The van der Waals surface area contributed by atoms with Gasteiger partial charge in [-0.2, -0.15) is 0 Å². The maximum absolute atomic E-state index is 12.3. The average Bonchev–Trinajstić information content (AvgIpc) is 2.34. The molecule has 2 atom stereocenters. The molecular weight excluding hydrogens is 264 g/mol. The van der Waals surface area contributed by atoms with E-state index in [9.17, 15) is 4.79 Å². The van der Waals surface area contributed by atoms with Gasteiger partial charge in [-0.25, -0.2) is 0 Å². The van der Waals surface area contributed by atoms with Gasteiger partial charge in [0.2, 0.25) is 0 Å². The van der Waals surface area contributed by atoms with Crippen LogP contribution in [0.25, 0.3) is 0 Å². The molecule has 0 saturated carbocycles. The number of ketones is 1. The summed E-state index contributed by atoms with van der Waals surface area (Å²) in [5.41, 5.74) is 0.722. The molecule has 0 amide bonds. The Balaban J connectivity index is 2.78. The van der Waals surface area contributed by atoms with Crippen LogP contribution in [-0.2, 0) is 4.43 Å². The molecule has 18 heavy (non-hydrogen) atoms. The highest BCUT2D eigenvalue weighted by molar-refractivity contribution is 6.69. The second-order valence-electron chi connectivity index (χ2n) is 5.44. The van der Waals surface area contributed by atoms with E-state index in [-0.39, 0.29) is 17.8 Å². The quantitative estimate of drug-likeness (QED) is 0.449. The number of rotatable bonds is 6. The van der Waals surface area contributed by atoms with E-state index in [4.69, 9.17) is 16.0 Å². The van der Waals surface area contributed by atoms with Gasteiger partial charge in [0.25, 0.3) is 0 Å². The fourth-order valence-electron chi connectivity index (χ4n) is 1.76. The third-order valence-electron chi connectivity index (χ3n) is 2.69. The molecule has 0 spiro atoms. The number of benzene rings is 1. The summed E-state index contributed by atoms with van der Waals surface area (Å²) in [6, 6.07) is 9.31. The maximum Gasteiger partial charge on any atom is 0.184 e. The van der Waals surface area contributed by atoms with E-state index in [1.165, 1.54) is 0 Å². The molecule has 0 N–H and O–H groups in total. The SMILES string of the molecule is CC(C(=O)c1ccccc1)C(CCl)O[Si](C)(C)C. The molecule has 0 aromatic heterocycles. The third kappa shape index (κ3) is 4.56. The second kappa shape index (κ2) is 6.50. The van der Waals surface area contributed by atoms with Gasteiger partial charge in [0.1, 0.15) is 0 Å². The van der Waals surface area contributed by atoms with Crippen molar-refractivity contribution in [3.05, 3.63) is 35.9 Å². The summed E-state index contributed by atoms with van der Waals surface area (Å²) in [7, 11) is -1.69. The van der Waals surface area contributed by atoms with Crippen LogP contribution in [0.1, 0.15) is 17.3 Å². The van der Waals surface area contributed by atoms with Crippen molar-refractivity contribution in [3.63, 3.8) is 0 Å². The first kappa shape index (κ1) is 15.4. The van der Waals surface area contributed by atoms with Crippen LogP contribution in [-0.4, -0.2) is 26.1 Å². The van der Waals surface area contributed by atoms with Crippen LogP contribution >= 0.6 is 11.6 Å². The molecule has 0 aliphatic heterocycles. The van der Waals surface area contributed by atoms with Gasteiger partial charge >= 0.3 is 0 Å². The Labute approximate surface area is 115 Å². The number of hydrogen-bond donors (Lipinski definition) is 0. The zero-order chi connectivity index (χ0) is 13.8. The van der Waals surface area contributed by atoms with Gasteiger partial charge in [0, 0.05) is 17.4 Å². The van der Waals surface area contributed by atoms with Gasteiger partial charge in [0.05, 0.1) is 6.10 Å². The number of hydrogen-bond acceptors (Lipinski definition) is 2. The standard InChI is InChI=1S/C14H21ClO2Si/c1-11(13(10-15)17-18(2,3)4)14(16)12-8-6-5-7-9-12/h5-9,11,13H,10H2,1-4H3. The largest absolute Gasteiger partial charge is 0.413 e. The van der Waals surface area contributed by atoms with Crippen LogP contribution < -0.4 is 0 Å². The lowest BCUT2D eigenvalue weighted by Gasteiger charge is -2.28. The van der Waals surface area contributed by atoms with Crippen LogP contribution in [0.15, 0.2) is 30.3 Å². The number of carbonyl (C=O) groups excluding carboxylic acids is 1. The van der Waals surface area contributed by atoms with Crippen LogP contribution in [0.2, 0.25) is 19.6 Å². The summed E-state index contributed by atoms with van der Waals surface area (Å²) < 4.78 is 5.98. The van der Waals surface area contributed by atoms with Crippen molar-refractivity contribution in [3.8, 4) is 0 Å². The van der Waals surface area contributed by atoms with Crippen molar-refractivity contribution in [1.29, 1.82) is 0 Å². The first-order valence-corrected chi connectivity index (χ1v) is 10.1. The Morgan fingerprint density at radius 1 is 1.28 bits per heavy atom. The lowest BCUT2D eigenvalue weighted by Crippen LogP contribution is -2.39. The number of Topliss-reactive ketones (excluding diaryl/α,β-unsaturated/α-hetero) is 1. The van der Waals surface area contributed by atoms with E-state index in [2.05, 4.69) is 19.6 Å². The predicted molar refractivity (Wildman–Crippen MR) is 78.9 cm³/mol. The van der Waals surface area contributed by atoms with Gasteiger partial charge in [0.15, 0.2) is 14.1 Å². The Bertz CT molecular complexity index is 387. The van der Waals surface area contributed by atoms with Crippen molar-refractivity contribution >= 4 is 25.7 Å². The van der Waals surface area contributed by atoms with E-state index in [0.29, 0.717) is 5.88 Å². The lowest BCUT2D eigenvalue weighted by atomic mass is 9.95. The van der Waals surface area contributed by atoms with Crippen molar-refractivity contribution in [2.75, 3.05) is 5.88 Å². The summed E-state index contributed by atoms with van der Waals surface area (Å²) in [4.78, 5) is 12.3. The minimum atomic E-state index is -1.69. The highest BCUT2D eigenvalue weighted by Crippen LogP contribution is 2.20. The molecule has 1 aromatic carbocycles. The van der Waals surface area contributed by atoms with Crippen molar-refractivity contribution in [2.45, 2.75) is 32.7 Å². The van der Waals surface area contributed by atoms with Crippen molar-refractivity contribution < 1.29 is 9.22 Å². The minimum Gasteiger partial charge on any atom is -0.413 e. The maximum atomic E-state index is 12.3. The summed E-state index contributed by atoms with van der Waals surface area (Å²) in [5.74, 6) is 0.237. The molecule has 2 nitrogen and oxygen atoms in total. The Morgan fingerprint density at radius 2 is 1.83 bits per heavy atom. The Morgan fingerprint density at radius 3 is 2.28 bits per heavy atom. The van der Waals surface area contributed by atoms with Crippen LogP contribution in [0.3, 0.4) is 0 Å². The van der Waals surface area contributed by atoms with E-state index < -0.39 is 8.32 Å². The predicted octanol–water partition coefficient (Wildman–Crippen LogP) is 3.96. The van der Waals surface area contributed by atoms with Gasteiger partial charge in [-0.3, -0.25) is 4.79 Å². The molecular formula is C14H21ClO2Si. The normalized spacial score (nSPS) is 15.2. The fourth-order valence-corrected chi connectivity index (χ4v) is 3.39. The Kier molecular flexibility index (Phi) is 5.57. The summed E-state index contributed by atoms with van der Waals surface area (Å²) in [6.07, 6.45) is -0.203. The minimum absolute atomic E-state index is 0.0968. The smallest absolute Gasteiger partial charge is 0.184 e. The van der Waals surface area contributed by atoms with Gasteiger partial charge in [-0.1, -0.05) is 37.3 Å². The topological polar surface area (TPSA) is 26.3 Å². The van der Waals surface area contributed by atoms with Gasteiger partial charge in [-0.15, -0.1) is 11.6 Å². The highest BCUT2D eigenvalue weighted by atomic mass is 35.5. The van der Waals surface area contributed by atoms with Crippen LogP contribution in [0.4, 0.5) is 0 Å². The first-order chi connectivity index (χ1) is 8.35. The third-order valence-corrected chi connectivity index (χ3v) is 4.00. The van der Waals surface area contributed by atoms with Crippen LogP contribution in [0, 0.1) is 5.92 Å². The molecule has 1 aromatic rings. The zero-order valence-electron chi connectivity index (χ0n) is 11.4. The molecule has 100 valence electrons. The first-order valence-electron chi connectivity index (χ1n) is 6.18. The molecule has 0 heterocycles. The second-order valence-corrected chi connectivity index (χ2v) is 10.2. The van der Waals surface area contributed by atoms with Crippen LogP contribution in [0.5, 0.6) is 0 Å². The molecule has 0 aliphatic rings. The molecule has 1 rings (SSSR count). The summed E-state index contributed by atoms with van der Waals surface area (Å²) in [5, 5.41) is 0. The van der Waals surface area contributed by atoms with E-state index >= 15 is 0 Å². The molecule has 0 bridgehead atoms. The van der Waals surface area contributed by atoms with E-state index in [1.807, 2.05) is 37.3 Å². The fraction of sp³-hybridized carbons (Fsp3) is 0.500. The van der Waals surface area contributed by atoms with Gasteiger partial charge in [-0.05, 0) is 19.6 Å². The molecule has 0 saturated heterocycles. The monoisotopic (exact) mass is 284 g/mol. The number of halogens is 1. The van der Waals surface area contributed by atoms with Crippen molar-refractivity contribution in [1.82, 2.24) is 0 Å². The average molecular weight is 285 g/mol. The summed E-state index contributed by atoms with van der Waals surface area (Å²) in [6.45, 7) is 8.20. The lowest BCUT2D eigenvalue weighted by molar-refractivity contribution is 0.0796. The van der Waals surface area contributed by atoms with E-state index in [0.717, 1.165) is 5.56 Å². The highest BCUT2D eigenvalue weighted by Gasteiger charge is 2.29. The molecule has 0 radical (unpaired) electrons. The van der Waals surface area contributed by atoms with E-state index in [1.54, 1.807) is 0 Å². The zero-order valence-corrected chi connectivity index (χ0v) is 13.2.